The minimum atomic E-state index is -0.988. The van der Waals surface area contributed by atoms with Crippen LogP contribution in [-0.2, 0) is 14.3 Å². The summed E-state index contributed by atoms with van der Waals surface area (Å²) in [6, 6.07) is 0.153. The number of ether oxygens (including phenoxy) is 1. The van der Waals surface area contributed by atoms with Crippen LogP contribution < -0.4 is 5.32 Å². The van der Waals surface area contributed by atoms with Gasteiger partial charge in [-0.2, -0.15) is 0 Å². The van der Waals surface area contributed by atoms with Gasteiger partial charge < -0.3 is 15.2 Å². The van der Waals surface area contributed by atoms with Gasteiger partial charge in [0.15, 0.2) is 6.10 Å². The van der Waals surface area contributed by atoms with Gasteiger partial charge in [-0.1, -0.05) is 12.2 Å². The molecule has 0 unspecified atom stereocenters. The third-order valence-corrected chi connectivity index (χ3v) is 2.94. The largest absolute Gasteiger partial charge is 0.479 e. The maximum atomic E-state index is 11.7. The van der Waals surface area contributed by atoms with Crippen molar-refractivity contribution in [3.63, 3.8) is 0 Å². The van der Waals surface area contributed by atoms with Crippen LogP contribution >= 0.6 is 0 Å². The molecule has 2 aliphatic rings. The van der Waals surface area contributed by atoms with Gasteiger partial charge in [0.05, 0.1) is 0 Å². The van der Waals surface area contributed by atoms with E-state index in [2.05, 4.69) is 5.32 Å². The van der Waals surface area contributed by atoms with E-state index in [4.69, 9.17) is 9.84 Å². The molecule has 0 radical (unpaired) electrons. The van der Waals surface area contributed by atoms with E-state index in [0.717, 1.165) is 12.8 Å². The van der Waals surface area contributed by atoms with E-state index >= 15 is 0 Å². The number of carbonyl (C=O) groups excluding carboxylic acids is 1. The SMILES string of the molecule is O=C(NC1CC=CC1)[C@@H]1CC[C@H](C(=O)O)O1. The summed E-state index contributed by atoms with van der Waals surface area (Å²) in [5.41, 5.74) is 0. The van der Waals surface area contributed by atoms with Gasteiger partial charge in [-0.25, -0.2) is 4.79 Å². The minimum absolute atomic E-state index is 0.153. The van der Waals surface area contributed by atoms with E-state index < -0.39 is 18.2 Å². The van der Waals surface area contributed by atoms with Crippen LogP contribution in [-0.4, -0.2) is 35.2 Å². The Morgan fingerprint density at radius 1 is 1.19 bits per heavy atom. The standard InChI is InChI=1S/C11H15NO4/c13-10(12-7-3-1-2-4-7)8-5-6-9(16-8)11(14)15/h1-2,7-9H,3-6H2,(H,12,13)(H,14,15)/t8-,9+/m0/s1. The van der Waals surface area contributed by atoms with Crippen molar-refractivity contribution < 1.29 is 19.4 Å². The van der Waals surface area contributed by atoms with Crippen LogP contribution in [0.15, 0.2) is 12.2 Å². The third kappa shape index (κ3) is 2.41. The Morgan fingerprint density at radius 2 is 1.81 bits per heavy atom. The summed E-state index contributed by atoms with van der Waals surface area (Å²) < 4.78 is 5.16. The minimum Gasteiger partial charge on any atom is -0.479 e. The maximum Gasteiger partial charge on any atom is 0.332 e. The Bertz CT molecular complexity index is 318. The molecule has 2 rings (SSSR count). The number of amides is 1. The van der Waals surface area contributed by atoms with Crippen LogP contribution in [0, 0.1) is 0 Å². The van der Waals surface area contributed by atoms with Crippen molar-refractivity contribution in [1.82, 2.24) is 5.32 Å². The van der Waals surface area contributed by atoms with Gasteiger partial charge in [0.2, 0.25) is 5.91 Å². The molecule has 0 aromatic heterocycles. The number of hydrogen-bond acceptors (Lipinski definition) is 3. The first-order valence-electron chi connectivity index (χ1n) is 5.50. The van der Waals surface area contributed by atoms with Gasteiger partial charge in [0, 0.05) is 6.04 Å². The predicted molar refractivity (Wildman–Crippen MR) is 55.8 cm³/mol. The molecular formula is C11H15NO4. The summed E-state index contributed by atoms with van der Waals surface area (Å²) in [6.45, 7) is 0. The Hall–Kier alpha value is -1.36. The molecule has 1 saturated heterocycles. The predicted octanol–water partition coefficient (Wildman–Crippen LogP) is 0.453. The molecule has 5 nitrogen and oxygen atoms in total. The fraction of sp³-hybridized carbons (Fsp3) is 0.636. The molecule has 0 spiro atoms. The molecule has 0 aromatic carbocycles. The number of hydrogen-bond donors (Lipinski definition) is 2. The van der Waals surface area contributed by atoms with Crippen molar-refractivity contribution in [2.75, 3.05) is 0 Å². The smallest absolute Gasteiger partial charge is 0.332 e. The van der Waals surface area contributed by atoms with Crippen molar-refractivity contribution in [3.05, 3.63) is 12.2 Å². The average molecular weight is 225 g/mol. The topological polar surface area (TPSA) is 75.6 Å². The monoisotopic (exact) mass is 225 g/mol. The van der Waals surface area contributed by atoms with Gasteiger partial charge in [-0.15, -0.1) is 0 Å². The van der Waals surface area contributed by atoms with E-state index in [0.29, 0.717) is 12.8 Å². The van der Waals surface area contributed by atoms with Crippen LogP contribution in [0.25, 0.3) is 0 Å². The highest BCUT2D eigenvalue weighted by atomic mass is 16.5. The Morgan fingerprint density at radius 3 is 2.38 bits per heavy atom. The Kier molecular flexibility index (Phi) is 3.24. The number of carboxylic acids is 1. The second kappa shape index (κ2) is 4.65. The lowest BCUT2D eigenvalue weighted by Crippen LogP contribution is -2.40. The molecule has 1 fully saturated rings. The molecule has 0 bridgehead atoms. The summed E-state index contributed by atoms with van der Waals surface area (Å²) in [7, 11) is 0. The van der Waals surface area contributed by atoms with E-state index in [1.54, 1.807) is 0 Å². The highest BCUT2D eigenvalue weighted by molar-refractivity contribution is 5.82. The highest BCUT2D eigenvalue weighted by Gasteiger charge is 2.35. The average Bonchev–Trinajstić information content (AvgIpc) is 2.86. The molecule has 1 amide bonds. The Balaban J connectivity index is 1.80. The molecular weight excluding hydrogens is 210 g/mol. The molecule has 0 saturated carbocycles. The fourth-order valence-corrected chi connectivity index (χ4v) is 2.04. The fourth-order valence-electron chi connectivity index (χ4n) is 2.04. The summed E-state index contributed by atoms with van der Waals surface area (Å²) in [4.78, 5) is 22.4. The molecule has 1 heterocycles. The van der Waals surface area contributed by atoms with Crippen LogP contribution in [0.1, 0.15) is 25.7 Å². The van der Waals surface area contributed by atoms with Gasteiger partial charge in [-0.05, 0) is 25.7 Å². The maximum absolute atomic E-state index is 11.7. The molecule has 16 heavy (non-hydrogen) atoms. The molecule has 0 aromatic rings. The molecule has 1 aliphatic carbocycles. The van der Waals surface area contributed by atoms with Gasteiger partial charge in [0.25, 0.3) is 0 Å². The number of rotatable bonds is 3. The zero-order valence-corrected chi connectivity index (χ0v) is 8.89. The summed E-state index contributed by atoms with van der Waals surface area (Å²) in [6.07, 6.45) is 5.24. The normalized spacial score (nSPS) is 29.5. The summed E-state index contributed by atoms with van der Waals surface area (Å²) in [5, 5.41) is 11.6. The molecule has 1 aliphatic heterocycles. The van der Waals surface area contributed by atoms with Crippen molar-refractivity contribution in [3.8, 4) is 0 Å². The highest BCUT2D eigenvalue weighted by Crippen LogP contribution is 2.20. The van der Waals surface area contributed by atoms with E-state index in [-0.39, 0.29) is 11.9 Å². The van der Waals surface area contributed by atoms with Crippen molar-refractivity contribution >= 4 is 11.9 Å². The van der Waals surface area contributed by atoms with E-state index in [1.165, 1.54) is 0 Å². The van der Waals surface area contributed by atoms with Crippen LogP contribution in [0.2, 0.25) is 0 Å². The van der Waals surface area contributed by atoms with Crippen molar-refractivity contribution in [2.45, 2.75) is 43.9 Å². The first-order chi connectivity index (χ1) is 7.66. The first-order valence-corrected chi connectivity index (χ1v) is 5.50. The van der Waals surface area contributed by atoms with Crippen LogP contribution in [0.3, 0.4) is 0 Å². The molecule has 88 valence electrons. The molecule has 5 heteroatoms. The third-order valence-electron chi connectivity index (χ3n) is 2.94. The first kappa shape index (κ1) is 11.1. The second-order valence-corrected chi connectivity index (χ2v) is 4.18. The number of aliphatic carboxylic acids is 1. The van der Waals surface area contributed by atoms with E-state index in [9.17, 15) is 9.59 Å². The van der Waals surface area contributed by atoms with Crippen LogP contribution in [0.5, 0.6) is 0 Å². The molecule has 2 atom stereocenters. The zero-order chi connectivity index (χ0) is 11.5. The van der Waals surface area contributed by atoms with Gasteiger partial charge in [0.1, 0.15) is 6.10 Å². The quantitative estimate of drug-likeness (QED) is 0.684. The Labute approximate surface area is 93.5 Å². The molecule has 2 N–H and O–H groups in total. The van der Waals surface area contributed by atoms with Crippen molar-refractivity contribution in [1.29, 1.82) is 0 Å². The lowest BCUT2D eigenvalue weighted by atomic mass is 10.1. The van der Waals surface area contributed by atoms with Crippen molar-refractivity contribution in [2.24, 2.45) is 0 Å². The summed E-state index contributed by atoms with van der Waals surface area (Å²) in [5.74, 6) is -1.17. The number of carboxylic acid groups (broad SMARTS) is 1. The second-order valence-electron chi connectivity index (χ2n) is 4.18. The van der Waals surface area contributed by atoms with E-state index in [1.807, 2.05) is 12.2 Å². The number of carbonyl (C=O) groups is 2. The lowest BCUT2D eigenvalue weighted by Gasteiger charge is -2.16. The lowest BCUT2D eigenvalue weighted by molar-refractivity contribution is -0.151. The summed E-state index contributed by atoms with van der Waals surface area (Å²) >= 11 is 0. The van der Waals surface area contributed by atoms with Gasteiger partial charge >= 0.3 is 5.97 Å². The number of nitrogens with one attached hydrogen (secondary N) is 1. The zero-order valence-electron chi connectivity index (χ0n) is 8.89. The van der Waals surface area contributed by atoms with Gasteiger partial charge in [-0.3, -0.25) is 4.79 Å². The van der Waals surface area contributed by atoms with Crippen LogP contribution in [0.4, 0.5) is 0 Å².